The van der Waals surface area contributed by atoms with Crippen molar-refractivity contribution < 1.29 is 4.79 Å². The molecule has 0 radical (unpaired) electrons. The van der Waals surface area contributed by atoms with Gasteiger partial charge in [0.25, 0.3) is 5.91 Å². The predicted octanol–water partition coefficient (Wildman–Crippen LogP) is 3.27. The van der Waals surface area contributed by atoms with Crippen LogP contribution in [0.1, 0.15) is 33.4 Å². The summed E-state index contributed by atoms with van der Waals surface area (Å²) in [6, 6.07) is 19.0. The summed E-state index contributed by atoms with van der Waals surface area (Å²) in [6.07, 6.45) is 3.85. The van der Waals surface area contributed by atoms with Crippen LogP contribution in [0.15, 0.2) is 67.0 Å². The van der Waals surface area contributed by atoms with E-state index >= 15 is 0 Å². The first-order valence-electron chi connectivity index (χ1n) is 9.84. The zero-order valence-corrected chi connectivity index (χ0v) is 16.0. The standard InChI is InChI=1S/C23H24N4O/c1-17-6-4-7-18(12-17)13-25-15-21-22(16-25)27(14-19-8-2-3-10-24-19)23(28)20-9-5-11-26(20)21/h2-12,21-22H,13-16H2,1H3/t21-,22-/m0/s1. The molecule has 5 nitrogen and oxygen atoms in total. The highest BCUT2D eigenvalue weighted by molar-refractivity contribution is 5.94. The molecule has 0 saturated carbocycles. The van der Waals surface area contributed by atoms with E-state index in [4.69, 9.17) is 0 Å². The van der Waals surface area contributed by atoms with Crippen molar-refractivity contribution in [1.82, 2.24) is 19.4 Å². The number of carbonyl (C=O) groups excluding carboxylic acids is 1. The maximum absolute atomic E-state index is 13.2. The number of rotatable bonds is 4. The van der Waals surface area contributed by atoms with E-state index in [0.717, 1.165) is 31.0 Å². The summed E-state index contributed by atoms with van der Waals surface area (Å²) >= 11 is 0. The highest BCUT2D eigenvalue weighted by atomic mass is 16.2. The van der Waals surface area contributed by atoms with Crippen LogP contribution in [-0.2, 0) is 13.1 Å². The third-order valence-corrected chi connectivity index (χ3v) is 5.90. The fraction of sp³-hybridized carbons (Fsp3) is 0.304. The summed E-state index contributed by atoms with van der Waals surface area (Å²) < 4.78 is 2.18. The van der Waals surface area contributed by atoms with Gasteiger partial charge in [-0.15, -0.1) is 0 Å². The summed E-state index contributed by atoms with van der Waals surface area (Å²) in [6.45, 7) is 5.44. The van der Waals surface area contributed by atoms with Crippen molar-refractivity contribution in [2.45, 2.75) is 32.1 Å². The average Bonchev–Trinajstić information content (AvgIpc) is 3.33. The van der Waals surface area contributed by atoms with E-state index in [1.807, 2.05) is 35.2 Å². The lowest BCUT2D eigenvalue weighted by molar-refractivity contribution is 0.0553. The molecule has 1 aromatic carbocycles. The molecule has 1 amide bonds. The van der Waals surface area contributed by atoms with Gasteiger partial charge in [0.1, 0.15) is 5.69 Å². The maximum atomic E-state index is 13.2. The normalized spacial score (nSPS) is 21.6. The fourth-order valence-corrected chi connectivity index (χ4v) is 4.64. The van der Waals surface area contributed by atoms with Crippen LogP contribution in [0.25, 0.3) is 0 Å². The second-order valence-corrected chi connectivity index (χ2v) is 7.87. The number of hydrogen-bond donors (Lipinski definition) is 0. The average molecular weight is 372 g/mol. The van der Waals surface area contributed by atoms with E-state index in [1.165, 1.54) is 11.1 Å². The number of fused-ring (bicyclic) bond motifs is 3. The Balaban J connectivity index is 1.43. The molecule has 3 aromatic rings. The van der Waals surface area contributed by atoms with Crippen molar-refractivity contribution in [3.63, 3.8) is 0 Å². The van der Waals surface area contributed by atoms with Gasteiger partial charge >= 0.3 is 0 Å². The number of hydrogen-bond acceptors (Lipinski definition) is 3. The molecule has 0 unspecified atom stereocenters. The summed E-state index contributed by atoms with van der Waals surface area (Å²) in [5.41, 5.74) is 4.34. The highest BCUT2D eigenvalue weighted by Crippen LogP contribution is 2.35. The number of benzene rings is 1. The molecule has 0 spiro atoms. The third-order valence-electron chi connectivity index (χ3n) is 5.90. The van der Waals surface area contributed by atoms with Crippen molar-refractivity contribution in [2.24, 2.45) is 0 Å². The Bertz CT molecular complexity index is 997. The molecule has 1 fully saturated rings. The van der Waals surface area contributed by atoms with Gasteiger partial charge in [-0.2, -0.15) is 0 Å². The Kier molecular flexibility index (Phi) is 4.24. The quantitative estimate of drug-likeness (QED) is 0.706. The SMILES string of the molecule is Cc1cccc(CN2C[C@H]3[C@H](C2)n2cccc2C(=O)N3Cc2ccccn2)c1. The largest absolute Gasteiger partial charge is 0.337 e. The molecule has 2 aliphatic heterocycles. The Labute approximate surface area is 165 Å². The van der Waals surface area contributed by atoms with Crippen molar-refractivity contribution in [3.8, 4) is 0 Å². The topological polar surface area (TPSA) is 41.4 Å². The number of aryl methyl sites for hydroxylation is 1. The van der Waals surface area contributed by atoms with E-state index in [0.29, 0.717) is 6.54 Å². The summed E-state index contributed by atoms with van der Waals surface area (Å²) in [5.74, 6) is 0.106. The molecule has 0 bridgehead atoms. The van der Waals surface area contributed by atoms with E-state index in [9.17, 15) is 4.79 Å². The molecule has 2 aromatic heterocycles. The maximum Gasteiger partial charge on any atom is 0.271 e. The van der Waals surface area contributed by atoms with Gasteiger partial charge in [0.2, 0.25) is 0 Å². The van der Waals surface area contributed by atoms with Crippen LogP contribution in [0.4, 0.5) is 0 Å². The zero-order chi connectivity index (χ0) is 19.1. The van der Waals surface area contributed by atoms with Crippen LogP contribution in [0.5, 0.6) is 0 Å². The Morgan fingerprint density at radius 2 is 1.89 bits per heavy atom. The monoisotopic (exact) mass is 372 g/mol. The number of pyridine rings is 1. The Morgan fingerprint density at radius 3 is 2.71 bits per heavy atom. The zero-order valence-electron chi connectivity index (χ0n) is 16.0. The Hall–Kier alpha value is -2.92. The van der Waals surface area contributed by atoms with Gasteiger partial charge in [-0.25, -0.2) is 0 Å². The molecule has 0 N–H and O–H groups in total. The molecule has 4 heterocycles. The van der Waals surface area contributed by atoms with Crippen LogP contribution in [0.2, 0.25) is 0 Å². The lowest BCUT2D eigenvalue weighted by Gasteiger charge is -2.38. The lowest BCUT2D eigenvalue weighted by atomic mass is 10.1. The molecule has 28 heavy (non-hydrogen) atoms. The number of amides is 1. The first-order chi connectivity index (χ1) is 13.7. The van der Waals surface area contributed by atoms with Crippen LogP contribution in [0, 0.1) is 6.92 Å². The van der Waals surface area contributed by atoms with Crippen molar-refractivity contribution in [1.29, 1.82) is 0 Å². The van der Waals surface area contributed by atoms with Gasteiger partial charge in [-0.05, 0) is 36.8 Å². The minimum atomic E-state index is 0.106. The van der Waals surface area contributed by atoms with Crippen molar-refractivity contribution in [3.05, 3.63) is 89.5 Å². The van der Waals surface area contributed by atoms with Crippen molar-refractivity contribution >= 4 is 5.91 Å². The molecular weight excluding hydrogens is 348 g/mol. The molecule has 2 aliphatic rings. The molecule has 142 valence electrons. The lowest BCUT2D eigenvalue weighted by Crippen LogP contribution is -2.49. The number of carbonyl (C=O) groups is 1. The van der Waals surface area contributed by atoms with Gasteiger partial charge in [-0.3, -0.25) is 14.7 Å². The summed E-state index contributed by atoms with van der Waals surface area (Å²) in [5, 5.41) is 0. The second-order valence-electron chi connectivity index (χ2n) is 7.87. The van der Waals surface area contributed by atoms with Crippen LogP contribution in [0.3, 0.4) is 0 Å². The molecule has 5 heteroatoms. The van der Waals surface area contributed by atoms with E-state index in [1.54, 1.807) is 6.20 Å². The number of nitrogens with zero attached hydrogens (tertiary/aromatic N) is 4. The van der Waals surface area contributed by atoms with Gasteiger partial charge in [0, 0.05) is 32.0 Å². The van der Waals surface area contributed by atoms with Crippen LogP contribution >= 0.6 is 0 Å². The number of aromatic nitrogens is 2. The van der Waals surface area contributed by atoms with E-state index in [2.05, 4.69) is 51.8 Å². The first-order valence-corrected chi connectivity index (χ1v) is 9.84. The van der Waals surface area contributed by atoms with Gasteiger partial charge in [0.05, 0.1) is 24.3 Å². The van der Waals surface area contributed by atoms with E-state index in [-0.39, 0.29) is 18.0 Å². The molecule has 5 rings (SSSR count). The predicted molar refractivity (Wildman–Crippen MR) is 108 cm³/mol. The third kappa shape index (κ3) is 3.02. The summed E-state index contributed by atoms with van der Waals surface area (Å²) in [7, 11) is 0. The molecule has 0 aliphatic carbocycles. The fourth-order valence-electron chi connectivity index (χ4n) is 4.64. The minimum absolute atomic E-state index is 0.106. The molecule has 2 atom stereocenters. The van der Waals surface area contributed by atoms with Crippen molar-refractivity contribution in [2.75, 3.05) is 13.1 Å². The van der Waals surface area contributed by atoms with Crippen LogP contribution in [-0.4, -0.2) is 44.4 Å². The van der Waals surface area contributed by atoms with E-state index < -0.39 is 0 Å². The van der Waals surface area contributed by atoms with Gasteiger partial charge in [0.15, 0.2) is 0 Å². The first kappa shape index (κ1) is 17.2. The van der Waals surface area contributed by atoms with Gasteiger partial charge in [-0.1, -0.05) is 35.9 Å². The van der Waals surface area contributed by atoms with Crippen LogP contribution < -0.4 is 0 Å². The Morgan fingerprint density at radius 1 is 1.00 bits per heavy atom. The molecular formula is C23H24N4O. The number of likely N-dealkylation sites (tertiary alicyclic amines) is 1. The molecule has 1 saturated heterocycles. The smallest absolute Gasteiger partial charge is 0.271 e. The second kappa shape index (κ2) is 6.91. The van der Waals surface area contributed by atoms with Gasteiger partial charge < -0.3 is 9.47 Å². The minimum Gasteiger partial charge on any atom is -0.337 e. The summed E-state index contributed by atoms with van der Waals surface area (Å²) in [4.78, 5) is 22.1. The highest BCUT2D eigenvalue weighted by Gasteiger charge is 2.44.